The summed E-state index contributed by atoms with van der Waals surface area (Å²) in [6, 6.07) is -2.28. The SMILES string of the molecule is COc1nc(N)nc2c1nc(I)n2[C@@H]1O[C@H](COP(=O)(N[C@H](C)C(=O)OCC(C)(C)C)N[C@H](C)C(=O)OCC(C)(C)C)[C@@H](O)[C@@]1(C)O. The number of nitrogens with two attached hydrogens (primary N) is 1. The second-order valence-corrected chi connectivity index (χ2v) is 16.9. The van der Waals surface area contributed by atoms with Crippen LogP contribution < -0.4 is 20.6 Å². The number of aliphatic hydroxyl groups is 2. The monoisotopic (exact) mass is 799 g/mol. The number of nitrogen functional groups attached to an aromatic ring is 1. The molecule has 6 atom stereocenters. The average Bonchev–Trinajstić information content (AvgIpc) is 3.38. The molecule has 266 valence electrons. The molecular weight excluding hydrogens is 752 g/mol. The van der Waals surface area contributed by atoms with E-state index in [2.05, 4.69) is 25.1 Å². The van der Waals surface area contributed by atoms with E-state index in [9.17, 15) is 24.4 Å². The molecule has 3 rings (SSSR count). The molecule has 0 amide bonds. The predicted molar refractivity (Wildman–Crippen MR) is 179 cm³/mol. The standard InChI is InChI=1S/C28H47IN7O10P/c1-14(21(38)43-12-26(3,4)5)34-47(41,35-15(2)22(39)44-13-27(6,7)8)45-11-16-18(37)28(9,40)23(46-16)36-19-17(31-24(36)29)20(42-10)33-25(30)32-19/h14-16,18,23,37,40H,11-13H2,1-10H3,(H2,30,32,33)(H2,34,35,41)/t14-,15-,16-,18-,23-,28-/m1/s1. The minimum absolute atomic E-state index is 0.102. The molecule has 0 bridgehead atoms. The van der Waals surface area contributed by atoms with Crippen molar-refractivity contribution in [2.45, 2.75) is 98.4 Å². The van der Waals surface area contributed by atoms with Crippen LogP contribution in [0.15, 0.2) is 0 Å². The Balaban J connectivity index is 1.86. The first-order chi connectivity index (χ1) is 21.5. The molecule has 1 aliphatic heterocycles. The maximum absolute atomic E-state index is 14.2. The molecule has 2 aromatic heterocycles. The van der Waals surface area contributed by atoms with Gasteiger partial charge < -0.3 is 39.4 Å². The zero-order valence-corrected chi connectivity index (χ0v) is 31.4. The van der Waals surface area contributed by atoms with Crippen LogP contribution in [0.25, 0.3) is 11.2 Å². The number of hydrogen-bond donors (Lipinski definition) is 5. The molecule has 1 saturated heterocycles. The van der Waals surface area contributed by atoms with E-state index in [4.69, 9.17) is 29.2 Å². The number of imidazole rings is 1. The summed E-state index contributed by atoms with van der Waals surface area (Å²) >= 11 is 1.91. The number of anilines is 1. The summed E-state index contributed by atoms with van der Waals surface area (Å²) in [7, 11) is -2.89. The third-order valence-corrected chi connectivity index (χ3v) is 9.54. The van der Waals surface area contributed by atoms with Crippen LogP contribution in [-0.2, 0) is 32.9 Å². The van der Waals surface area contributed by atoms with Crippen molar-refractivity contribution in [1.82, 2.24) is 29.7 Å². The quantitative estimate of drug-likeness (QED) is 0.0847. The van der Waals surface area contributed by atoms with E-state index in [0.717, 1.165) is 0 Å². The first kappa shape index (κ1) is 39.3. The minimum atomic E-state index is -4.28. The Morgan fingerprint density at radius 2 is 1.57 bits per heavy atom. The van der Waals surface area contributed by atoms with E-state index in [-0.39, 0.29) is 47.0 Å². The molecule has 0 aliphatic carbocycles. The number of nitrogens with zero attached hydrogens (tertiary/aromatic N) is 4. The molecule has 1 fully saturated rings. The Labute approximate surface area is 287 Å². The van der Waals surface area contributed by atoms with Crippen molar-refractivity contribution in [3.63, 3.8) is 0 Å². The summed E-state index contributed by atoms with van der Waals surface area (Å²) in [6.45, 7) is 15.2. The molecule has 47 heavy (non-hydrogen) atoms. The summed E-state index contributed by atoms with van der Waals surface area (Å²) in [6.07, 6.45) is -4.09. The summed E-state index contributed by atoms with van der Waals surface area (Å²) in [4.78, 5) is 38.2. The van der Waals surface area contributed by atoms with Gasteiger partial charge in [0.1, 0.15) is 29.9 Å². The highest BCUT2D eigenvalue weighted by molar-refractivity contribution is 14.1. The third-order valence-electron chi connectivity index (χ3n) is 6.81. The maximum atomic E-state index is 14.2. The number of rotatable bonds is 13. The van der Waals surface area contributed by atoms with E-state index >= 15 is 0 Å². The van der Waals surface area contributed by atoms with Gasteiger partial charge in [-0.3, -0.25) is 18.7 Å². The molecule has 2 aromatic rings. The number of esters is 2. The lowest BCUT2D eigenvalue weighted by Crippen LogP contribution is -2.46. The molecule has 1 aliphatic rings. The Bertz CT molecular complexity index is 1450. The second kappa shape index (κ2) is 14.7. The Morgan fingerprint density at radius 3 is 2.04 bits per heavy atom. The number of fused-ring (bicyclic) bond motifs is 1. The molecular formula is C28H47IN7O10P. The van der Waals surface area contributed by atoms with Crippen molar-refractivity contribution in [2.75, 3.05) is 32.7 Å². The number of carbonyl (C=O) groups is 2. The van der Waals surface area contributed by atoms with Crippen molar-refractivity contribution in [3.8, 4) is 5.88 Å². The van der Waals surface area contributed by atoms with Gasteiger partial charge in [0.15, 0.2) is 21.2 Å². The van der Waals surface area contributed by atoms with Gasteiger partial charge in [-0.2, -0.15) is 9.97 Å². The zero-order chi connectivity index (χ0) is 35.7. The average molecular weight is 800 g/mol. The molecule has 0 radical (unpaired) electrons. The topological polar surface area (TPSA) is 231 Å². The van der Waals surface area contributed by atoms with Gasteiger partial charge in [0.25, 0.3) is 0 Å². The van der Waals surface area contributed by atoms with Gasteiger partial charge in [0.2, 0.25) is 11.8 Å². The van der Waals surface area contributed by atoms with Crippen molar-refractivity contribution < 1.29 is 47.8 Å². The number of carbonyl (C=O) groups excluding carboxylic acids is 2. The maximum Gasteiger partial charge on any atom is 0.342 e. The number of aliphatic hydroxyl groups excluding tert-OH is 1. The molecule has 0 unspecified atom stereocenters. The smallest absolute Gasteiger partial charge is 0.342 e. The molecule has 0 spiro atoms. The Kier molecular flexibility index (Phi) is 12.3. The molecule has 3 heterocycles. The van der Waals surface area contributed by atoms with Gasteiger partial charge in [-0.05, 0) is 31.6 Å². The van der Waals surface area contributed by atoms with Gasteiger partial charge >= 0.3 is 19.6 Å². The van der Waals surface area contributed by atoms with Crippen molar-refractivity contribution in [3.05, 3.63) is 3.83 Å². The number of ether oxygens (including phenoxy) is 4. The second-order valence-electron chi connectivity index (χ2n) is 14.1. The first-order valence-corrected chi connectivity index (χ1v) is 17.6. The van der Waals surface area contributed by atoms with Crippen LogP contribution in [0, 0.1) is 14.7 Å². The van der Waals surface area contributed by atoms with E-state index in [0.29, 0.717) is 3.83 Å². The zero-order valence-electron chi connectivity index (χ0n) is 28.4. The van der Waals surface area contributed by atoms with Crippen LogP contribution in [-0.4, -0.2) is 98.5 Å². The highest BCUT2D eigenvalue weighted by atomic mass is 127. The molecule has 0 saturated carbocycles. The van der Waals surface area contributed by atoms with Crippen molar-refractivity contribution >= 4 is 59.3 Å². The van der Waals surface area contributed by atoms with Crippen LogP contribution >= 0.6 is 30.3 Å². The van der Waals surface area contributed by atoms with Crippen LogP contribution in [0.4, 0.5) is 5.95 Å². The van der Waals surface area contributed by atoms with Gasteiger partial charge in [0, 0.05) is 22.6 Å². The first-order valence-electron chi connectivity index (χ1n) is 14.9. The van der Waals surface area contributed by atoms with Gasteiger partial charge in [-0.1, -0.05) is 41.5 Å². The van der Waals surface area contributed by atoms with Crippen LogP contribution in [0.5, 0.6) is 5.88 Å². The number of halogens is 1. The summed E-state index contributed by atoms with van der Waals surface area (Å²) in [5.74, 6) is -1.42. The van der Waals surface area contributed by atoms with Crippen LogP contribution in [0.1, 0.15) is 68.5 Å². The van der Waals surface area contributed by atoms with E-state index < -0.39 is 62.3 Å². The summed E-state index contributed by atoms with van der Waals surface area (Å²) in [5.41, 5.74) is 3.72. The molecule has 6 N–H and O–H groups in total. The highest BCUT2D eigenvalue weighted by Crippen LogP contribution is 2.45. The summed E-state index contributed by atoms with van der Waals surface area (Å²) < 4.78 is 43.8. The van der Waals surface area contributed by atoms with Crippen LogP contribution in [0.3, 0.4) is 0 Å². The van der Waals surface area contributed by atoms with E-state index in [1.807, 2.05) is 64.1 Å². The number of aromatic nitrogens is 4. The highest BCUT2D eigenvalue weighted by Gasteiger charge is 2.54. The minimum Gasteiger partial charge on any atom is -0.479 e. The molecule has 17 nitrogen and oxygen atoms in total. The van der Waals surface area contributed by atoms with Crippen LogP contribution in [0.2, 0.25) is 0 Å². The molecule has 19 heteroatoms. The lowest BCUT2D eigenvalue weighted by molar-refractivity contribution is -0.148. The molecule has 0 aromatic carbocycles. The fourth-order valence-electron chi connectivity index (χ4n) is 4.37. The fourth-order valence-corrected chi connectivity index (χ4v) is 6.91. The van der Waals surface area contributed by atoms with Crippen molar-refractivity contribution in [1.29, 1.82) is 0 Å². The van der Waals surface area contributed by atoms with Gasteiger partial charge in [-0.25, -0.2) is 15.2 Å². The third kappa shape index (κ3) is 9.93. The van der Waals surface area contributed by atoms with Gasteiger partial charge in [-0.15, -0.1) is 0 Å². The number of nitrogens with one attached hydrogen (secondary N) is 2. The van der Waals surface area contributed by atoms with Crippen molar-refractivity contribution in [2.24, 2.45) is 10.8 Å². The van der Waals surface area contributed by atoms with E-state index in [1.54, 1.807) is 0 Å². The van der Waals surface area contributed by atoms with Gasteiger partial charge in [0.05, 0.1) is 26.9 Å². The summed E-state index contributed by atoms with van der Waals surface area (Å²) in [5, 5.41) is 27.9. The van der Waals surface area contributed by atoms with E-state index in [1.165, 1.54) is 32.4 Å². The lowest BCUT2D eigenvalue weighted by atomic mass is 9.96. The number of methoxy groups -OCH3 is 1. The largest absolute Gasteiger partial charge is 0.479 e. The predicted octanol–water partition coefficient (Wildman–Crippen LogP) is 2.29. The lowest BCUT2D eigenvalue weighted by Gasteiger charge is -2.29. The fraction of sp³-hybridized carbons (Fsp3) is 0.750. The number of hydrogen-bond acceptors (Lipinski definition) is 14. The Hall–Kier alpha value is -2.19. The Morgan fingerprint density at radius 1 is 1.06 bits per heavy atom. The normalized spacial score (nSPS) is 23.5.